The van der Waals surface area contributed by atoms with E-state index in [-0.39, 0.29) is 5.82 Å². The molecule has 0 N–H and O–H groups in total. The number of hydrogen-bond acceptors (Lipinski definition) is 1. The maximum atomic E-state index is 12.8. The summed E-state index contributed by atoms with van der Waals surface area (Å²) < 4.78 is 12.8. The molecule has 79 valence electrons. The second-order valence-corrected chi connectivity index (χ2v) is 3.51. The van der Waals surface area contributed by atoms with Crippen LogP contribution >= 0.6 is 0 Å². The molecule has 0 aliphatic heterocycles. The Hall–Kier alpha value is -1.96. The van der Waals surface area contributed by atoms with E-state index >= 15 is 0 Å². The maximum absolute atomic E-state index is 12.8. The lowest BCUT2D eigenvalue weighted by atomic mass is 9.93. The van der Waals surface area contributed by atoms with Crippen molar-refractivity contribution in [1.29, 1.82) is 0 Å². The van der Waals surface area contributed by atoms with Crippen LogP contribution in [0, 0.1) is 5.82 Å². The van der Waals surface area contributed by atoms with Gasteiger partial charge in [0.1, 0.15) is 5.82 Å². The van der Waals surface area contributed by atoms with Gasteiger partial charge in [-0.15, -0.1) is 0 Å². The molecule has 2 rings (SSSR count). The van der Waals surface area contributed by atoms with E-state index in [1.807, 2.05) is 36.6 Å². The van der Waals surface area contributed by atoms with Crippen molar-refractivity contribution in [1.82, 2.24) is 0 Å². The fourth-order valence-corrected chi connectivity index (χ4v) is 1.63. The minimum atomic E-state index is -0.443. The molecule has 0 aliphatic rings. The molecule has 0 aromatic heterocycles. The summed E-state index contributed by atoms with van der Waals surface area (Å²) >= 11 is 0. The lowest BCUT2D eigenvalue weighted by Gasteiger charge is -2.09. The molecule has 2 aromatic rings. The van der Waals surface area contributed by atoms with Crippen molar-refractivity contribution in [3.8, 4) is 0 Å². The standard InChI is InChI=1S/C14H10FO/c15-13-8-6-12(7-9-13)14(10-16)11-4-2-1-3-5-11/h1-9,14H. The average molecular weight is 213 g/mol. The zero-order valence-corrected chi connectivity index (χ0v) is 8.56. The molecular formula is C14H10FO. The van der Waals surface area contributed by atoms with Crippen molar-refractivity contribution in [2.45, 2.75) is 5.92 Å². The summed E-state index contributed by atoms with van der Waals surface area (Å²) in [5, 5.41) is 0. The molecule has 1 atom stereocenters. The molecule has 0 amide bonds. The Kier molecular flexibility index (Phi) is 3.10. The number of carbonyl (C=O) groups excluding carboxylic acids is 1. The Balaban J connectivity index is 2.37. The zero-order chi connectivity index (χ0) is 11.4. The highest BCUT2D eigenvalue weighted by Gasteiger charge is 2.13. The van der Waals surface area contributed by atoms with Gasteiger partial charge in [-0.25, -0.2) is 4.39 Å². The molecule has 16 heavy (non-hydrogen) atoms. The fourth-order valence-electron chi connectivity index (χ4n) is 1.63. The number of benzene rings is 2. The predicted octanol–water partition coefficient (Wildman–Crippen LogP) is 3.07. The van der Waals surface area contributed by atoms with Gasteiger partial charge in [0.25, 0.3) is 0 Å². The number of hydrogen-bond donors (Lipinski definition) is 0. The molecule has 0 heterocycles. The Morgan fingerprint density at radius 3 is 2.00 bits per heavy atom. The van der Waals surface area contributed by atoms with Crippen molar-refractivity contribution in [3.63, 3.8) is 0 Å². The van der Waals surface area contributed by atoms with Crippen molar-refractivity contribution < 1.29 is 9.18 Å². The summed E-state index contributed by atoms with van der Waals surface area (Å²) in [5.74, 6) is -0.747. The summed E-state index contributed by atoms with van der Waals surface area (Å²) in [5.41, 5.74) is 1.62. The summed E-state index contributed by atoms with van der Waals surface area (Å²) in [6, 6.07) is 15.3. The first kappa shape index (κ1) is 10.6. The quantitative estimate of drug-likeness (QED) is 0.765. The molecule has 0 saturated carbocycles. The molecule has 0 bridgehead atoms. The van der Waals surface area contributed by atoms with Gasteiger partial charge in [-0.2, -0.15) is 0 Å². The Labute approximate surface area is 93.5 Å². The van der Waals surface area contributed by atoms with E-state index in [1.165, 1.54) is 12.1 Å². The highest BCUT2D eigenvalue weighted by Crippen LogP contribution is 2.22. The van der Waals surface area contributed by atoms with Crippen molar-refractivity contribution in [3.05, 3.63) is 71.5 Å². The van der Waals surface area contributed by atoms with Crippen LogP contribution in [0.5, 0.6) is 0 Å². The minimum Gasteiger partial charge on any atom is -0.290 e. The highest BCUT2D eigenvalue weighted by atomic mass is 19.1. The lowest BCUT2D eigenvalue weighted by molar-refractivity contribution is 0.549. The van der Waals surface area contributed by atoms with Crippen LogP contribution in [-0.2, 0) is 4.79 Å². The van der Waals surface area contributed by atoms with Gasteiger partial charge in [-0.1, -0.05) is 42.5 Å². The van der Waals surface area contributed by atoms with Gasteiger partial charge in [-0.05, 0) is 23.3 Å². The molecular weight excluding hydrogens is 203 g/mol. The Morgan fingerprint density at radius 1 is 0.875 bits per heavy atom. The average Bonchev–Trinajstić information content (AvgIpc) is 2.34. The van der Waals surface area contributed by atoms with Gasteiger partial charge < -0.3 is 0 Å². The molecule has 0 spiro atoms. The van der Waals surface area contributed by atoms with Crippen molar-refractivity contribution >= 4 is 6.29 Å². The van der Waals surface area contributed by atoms with Gasteiger partial charge in [-0.3, -0.25) is 4.79 Å². The largest absolute Gasteiger partial charge is 0.290 e. The van der Waals surface area contributed by atoms with E-state index in [0.29, 0.717) is 0 Å². The predicted molar refractivity (Wildman–Crippen MR) is 60.4 cm³/mol. The van der Waals surface area contributed by atoms with Gasteiger partial charge in [0.15, 0.2) is 0 Å². The molecule has 0 fully saturated rings. The normalized spacial score (nSPS) is 12.1. The van der Waals surface area contributed by atoms with Gasteiger partial charge >= 0.3 is 0 Å². The Bertz CT molecular complexity index is 462. The second-order valence-electron chi connectivity index (χ2n) is 3.51. The van der Waals surface area contributed by atoms with E-state index in [0.717, 1.165) is 11.1 Å². The van der Waals surface area contributed by atoms with Crippen LogP contribution in [-0.4, -0.2) is 6.29 Å². The van der Waals surface area contributed by atoms with Crippen LogP contribution in [0.25, 0.3) is 0 Å². The molecule has 0 aliphatic carbocycles. The van der Waals surface area contributed by atoms with E-state index in [4.69, 9.17) is 0 Å². The minimum absolute atomic E-state index is 0.304. The van der Waals surface area contributed by atoms with E-state index < -0.39 is 5.92 Å². The summed E-state index contributed by atoms with van der Waals surface area (Å²) in [4.78, 5) is 11.0. The smallest absolute Gasteiger partial charge is 0.211 e. The molecule has 2 aromatic carbocycles. The molecule has 1 unspecified atom stereocenters. The molecule has 1 nitrogen and oxygen atoms in total. The zero-order valence-electron chi connectivity index (χ0n) is 8.56. The SMILES string of the molecule is O=[C]C(c1ccccc1)c1ccc(F)cc1. The highest BCUT2D eigenvalue weighted by molar-refractivity contribution is 5.68. The monoisotopic (exact) mass is 213 g/mol. The number of halogens is 1. The van der Waals surface area contributed by atoms with Gasteiger partial charge in [0.2, 0.25) is 6.29 Å². The van der Waals surface area contributed by atoms with E-state index in [2.05, 4.69) is 0 Å². The second kappa shape index (κ2) is 4.71. The molecule has 0 saturated heterocycles. The topological polar surface area (TPSA) is 17.1 Å². The summed E-state index contributed by atoms with van der Waals surface area (Å²) in [6.45, 7) is 0. The third-order valence-corrected chi connectivity index (χ3v) is 2.45. The molecule has 2 heteroatoms. The third-order valence-electron chi connectivity index (χ3n) is 2.45. The van der Waals surface area contributed by atoms with Crippen molar-refractivity contribution in [2.75, 3.05) is 0 Å². The van der Waals surface area contributed by atoms with Gasteiger partial charge in [0.05, 0.1) is 5.92 Å². The van der Waals surface area contributed by atoms with E-state index in [9.17, 15) is 9.18 Å². The van der Waals surface area contributed by atoms with Crippen LogP contribution in [0.2, 0.25) is 0 Å². The fraction of sp³-hybridized carbons (Fsp3) is 0.0714. The van der Waals surface area contributed by atoms with E-state index in [1.54, 1.807) is 12.1 Å². The maximum Gasteiger partial charge on any atom is 0.211 e. The Morgan fingerprint density at radius 2 is 1.44 bits per heavy atom. The summed E-state index contributed by atoms with van der Waals surface area (Å²) in [6.07, 6.45) is 1.98. The third kappa shape index (κ3) is 2.16. The van der Waals surface area contributed by atoms with Gasteiger partial charge in [0, 0.05) is 0 Å². The van der Waals surface area contributed by atoms with Crippen LogP contribution in [0.15, 0.2) is 54.6 Å². The van der Waals surface area contributed by atoms with Crippen LogP contribution < -0.4 is 0 Å². The van der Waals surface area contributed by atoms with Crippen LogP contribution in [0.1, 0.15) is 17.0 Å². The summed E-state index contributed by atoms with van der Waals surface area (Å²) in [7, 11) is 0. The first-order valence-corrected chi connectivity index (χ1v) is 4.99. The molecule has 1 radical (unpaired) electrons. The lowest BCUT2D eigenvalue weighted by Crippen LogP contribution is -2.01. The van der Waals surface area contributed by atoms with Crippen molar-refractivity contribution in [2.24, 2.45) is 0 Å². The van der Waals surface area contributed by atoms with Crippen LogP contribution in [0.4, 0.5) is 4.39 Å². The number of rotatable bonds is 3. The first-order chi connectivity index (χ1) is 7.81. The van der Waals surface area contributed by atoms with Crippen LogP contribution in [0.3, 0.4) is 0 Å². The first-order valence-electron chi connectivity index (χ1n) is 4.99.